The molecule has 110 valence electrons. The maximum absolute atomic E-state index is 13.6. The molecule has 1 aromatic carbocycles. The first-order chi connectivity index (χ1) is 9.83. The molecule has 0 amide bonds. The Morgan fingerprint density at radius 3 is 3.10 bits per heavy atom. The molecule has 0 radical (unpaired) electrons. The number of hydrogen-bond donors (Lipinski definition) is 1. The predicted molar refractivity (Wildman–Crippen MR) is 72.2 cm³/mol. The van der Waals surface area contributed by atoms with E-state index in [0.29, 0.717) is 12.5 Å². The molecule has 1 saturated heterocycles. The zero-order chi connectivity index (χ0) is 13.8. The molecule has 1 fully saturated rings. The standard InChI is InChI=1S/C15H20FNO3/c16-14-5-12(15-13(6-14)9-19-10-20-15)1-3-17-7-11-2-4-18-8-11/h5-6,11,17H,1-4,7-10H2/t11-/m1/s1. The molecule has 2 aliphatic heterocycles. The minimum Gasteiger partial charge on any atom is -0.467 e. The normalized spacial score (nSPS) is 21.6. The summed E-state index contributed by atoms with van der Waals surface area (Å²) in [6.45, 7) is 4.17. The Balaban J connectivity index is 1.55. The van der Waals surface area contributed by atoms with Crippen molar-refractivity contribution in [2.45, 2.75) is 19.4 Å². The van der Waals surface area contributed by atoms with Crippen molar-refractivity contribution in [2.24, 2.45) is 5.92 Å². The van der Waals surface area contributed by atoms with Crippen molar-refractivity contribution in [3.63, 3.8) is 0 Å². The predicted octanol–water partition coefficient (Wildman–Crippen LogP) is 1.86. The highest BCUT2D eigenvalue weighted by atomic mass is 19.1. The second kappa shape index (κ2) is 6.52. The summed E-state index contributed by atoms with van der Waals surface area (Å²) in [4.78, 5) is 0. The lowest BCUT2D eigenvalue weighted by Gasteiger charge is -2.21. The van der Waals surface area contributed by atoms with Crippen molar-refractivity contribution >= 4 is 0 Å². The Morgan fingerprint density at radius 1 is 1.30 bits per heavy atom. The molecule has 2 aliphatic rings. The molecule has 5 heteroatoms. The van der Waals surface area contributed by atoms with E-state index in [0.717, 1.165) is 56.0 Å². The molecule has 3 rings (SSSR count). The van der Waals surface area contributed by atoms with E-state index in [1.54, 1.807) is 6.07 Å². The SMILES string of the molecule is Fc1cc(CCNC[C@H]2CCOC2)c2c(c1)COCO2. The summed E-state index contributed by atoms with van der Waals surface area (Å²) < 4.78 is 29.6. The number of fused-ring (bicyclic) bond motifs is 1. The lowest BCUT2D eigenvalue weighted by molar-refractivity contribution is -0.0172. The fraction of sp³-hybridized carbons (Fsp3) is 0.600. The second-order valence-electron chi connectivity index (χ2n) is 5.35. The van der Waals surface area contributed by atoms with Crippen molar-refractivity contribution in [3.05, 3.63) is 29.1 Å². The molecule has 0 unspecified atom stereocenters. The summed E-state index contributed by atoms with van der Waals surface area (Å²) in [6, 6.07) is 3.05. The van der Waals surface area contributed by atoms with E-state index in [2.05, 4.69) is 5.32 Å². The van der Waals surface area contributed by atoms with Crippen LogP contribution in [0.25, 0.3) is 0 Å². The largest absolute Gasteiger partial charge is 0.467 e. The first kappa shape index (κ1) is 13.8. The van der Waals surface area contributed by atoms with Crippen LogP contribution in [0.2, 0.25) is 0 Å². The van der Waals surface area contributed by atoms with Crippen LogP contribution < -0.4 is 10.1 Å². The van der Waals surface area contributed by atoms with Gasteiger partial charge < -0.3 is 19.5 Å². The van der Waals surface area contributed by atoms with Crippen molar-refractivity contribution in [2.75, 3.05) is 33.1 Å². The highest BCUT2D eigenvalue weighted by Crippen LogP contribution is 2.29. The summed E-state index contributed by atoms with van der Waals surface area (Å²) in [5, 5.41) is 3.41. The zero-order valence-electron chi connectivity index (χ0n) is 11.5. The van der Waals surface area contributed by atoms with E-state index >= 15 is 0 Å². The van der Waals surface area contributed by atoms with E-state index in [4.69, 9.17) is 14.2 Å². The van der Waals surface area contributed by atoms with Gasteiger partial charge in [-0.2, -0.15) is 0 Å². The molecule has 0 saturated carbocycles. The zero-order valence-corrected chi connectivity index (χ0v) is 11.5. The first-order valence-corrected chi connectivity index (χ1v) is 7.13. The van der Waals surface area contributed by atoms with Gasteiger partial charge in [0, 0.05) is 18.7 Å². The number of halogens is 1. The molecule has 0 aliphatic carbocycles. The molecule has 4 nitrogen and oxygen atoms in total. The van der Waals surface area contributed by atoms with E-state index in [-0.39, 0.29) is 12.6 Å². The Morgan fingerprint density at radius 2 is 2.25 bits per heavy atom. The average Bonchev–Trinajstić information content (AvgIpc) is 2.96. The molecule has 2 heterocycles. The van der Waals surface area contributed by atoms with Crippen LogP contribution >= 0.6 is 0 Å². The molecule has 20 heavy (non-hydrogen) atoms. The van der Waals surface area contributed by atoms with Crippen LogP contribution in [-0.2, 0) is 22.5 Å². The van der Waals surface area contributed by atoms with Gasteiger partial charge in [-0.3, -0.25) is 0 Å². The van der Waals surface area contributed by atoms with Gasteiger partial charge in [-0.15, -0.1) is 0 Å². The minimum atomic E-state index is -0.225. The third-order valence-electron chi connectivity index (χ3n) is 3.78. The molecular formula is C15H20FNO3. The number of nitrogens with one attached hydrogen (secondary N) is 1. The van der Waals surface area contributed by atoms with Gasteiger partial charge in [-0.25, -0.2) is 4.39 Å². The molecule has 1 N–H and O–H groups in total. The van der Waals surface area contributed by atoms with Crippen LogP contribution in [0.15, 0.2) is 12.1 Å². The number of ether oxygens (including phenoxy) is 3. The lowest BCUT2D eigenvalue weighted by Crippen LogP contribution is -2.25. The van der Waals surface area contributed by atoms with Gasteiger partial charge in [0.2, 0.25) is 0 Å². The third kappa shape index (κ3) is 3.29. The van der Waals surface area contributed by atoms with Crippen molar-refractivity contribution in [1.82, 2.24) is 5.32 Å². The van der Waals surface area contributed by atoms with Gasteiger partial charge in [0.05, 0.1) is 13.2 Å². The van der Waals surface area contributed by atoms with Crippen LogP contribution in [0, 0.1) is 11.7 Å². The summed E-state index contributed by atoms with van der Waals surface area (Å²) in [7, 11) is 0. The molecule has 1 aromatic rings. The van der Waals surface area contributed by atoms with Gasteiger partial charge in [-0.1, -0.05) is 0 Å². The van der Waals surface area contributed by atoms with E-state index in [1.807, 2.05) is 0 Å². The van der Waals surface area contributed by atoms with Gasteiger partial charge in [0.1, 0.15) is 11.6 Å². The molecule has 0 aromatic heterocycles. The van der Waals surface area contributed by atoms with Gasteiger partial charge in [-0.05, 0) is 43.0 Å². The highest BCUT2D eigenvalue weighted by Gasteiger charge is 2.17. The van der Waals surface area contributed by atoms with Crippen LogP contribution in [0.1, 0.15) is 17.5 Å². The Kier molecular flexibility index (Phi) is 4.50. The quantitative estimate of drug-likeness (QED) is 0.836. The van der Waals surface area contributed by atoms with E-state index < -0.39 is 0 Å². The average molecular weight is 281 g/mol. The van der Waals surface area contributed by atoms with E-state index in [1.165, 1.54) is 6.07 Å². The molecular weight excluding hydrogens is 261 g/mol. The smallest absolute Gasteiger partial charge is 0.189 e. The van der Waals surface area contributed by atoms with Crippen molar-refractivity contribution < 1.29 is 18.6 Å². The van der Waals surface area contributed by atoms with Gasteiger partial charge >= 0.3 is 0 Å². The summed E-state index contributed by atoms with van der Waals surface area (Å²) in [6.07, 6.45) is 1.89. The Labute approximate surface area is 118 Å². The van der Waals surface area contributed by atoms with Crippen LogP contribution in [0.3, 0.4) is 0 Å². The van der Waals surface area contributed by atoms with Crippen LogP contribution in [0.5, 0.6) is 5.75 Å². The monoisotopic (exact) mass is 281 g/mol. The van der Waals surface area contributed by atoms with Crippen LogP contribution in [-0.4, -0.2) is 33.1 Å². The maximum Gasteiger partial charge on any atom is 0.189 e. The number of hydrogen-bond acceptors (Lipinski definition) is 4. The second-order valence-corrected chi connectivity index (χ2v) is 5.35. The van der Waals surface area contributed by atoms with E-state index in [9.17, 15) is 4.39 Å². The van der Waals surface area contributed by atoms with Crippen molar-refractivity contribution in [1.29, 1.82) is 0 Å². The Hall–Kier alpha value is -1.17. The summed E-state index contributed by atoms with van der Waals surface area (Å²) >= 11 is 0. The first-order valence-electron chi connectivity index (χ1n) is 7.13. The van der Waals surface area contributed by atoms with Crippen LogP contribution in [0.4, 0.5) is 4.39 Å². The lowest BCUT2D eigenvalue weighted by atomic mass is 10.0. The Bertz CT molecular complexity index is 461. The van der Waals surface area contributed by atoms with Gasteiger partial charge in [0.15, 0.2) is 6.79 Å². The van der Waals surface area contributed by atoms with Crippen molar-refractivity contribution in [3.8, 4) is 5.75 Å². The van der Waals surface area contributed by atoms with Gasteiger partial charge in [0.25, 0.3) is 0 Å². The summed E-state index contributed by atoms with van der Waals surface area (Å²) in [5.74, 6) is 1.18. The molecule has 0 bridgehead atoms. The number of rotatable bonds is 5. The third-order valence-corrected chi connectivity index (χ3v) is 3.78. The maximum atomic E-state index is 13.6. The molecule has 0 spiro atoms. The highest BCUT2D eigenvalue weighted by molar-refractivity contribution is 5.42. The fourth-order valence-corrected chi connectivity index (χ4v) is 2.72. The molecule has 1 atom stereocenters. The summed E-state index contributed by atoms with van der Waals surface area (Å²) in [5.41, 5.74) is 1.72. The minimum absolute atomic E-state index is 0.225. The topological polar surface area (TPSA) is 39.7 Å². The number of benzene rings is 1. The fourth-order valence-electron chi connectivity index (χ4n) is 2.72.